The zero-order chi connectivity index (χ0) is 19.4. The zero-order valence-corrected chi connectivity index (χ0v) is 16.5. The van der Waals surface area contributed by atoms with Crippen molar-refractivity contribution in [3.05, 3.63) is 59.4 Å². The second-order valence-corrected chi connectivity index (χ2v) is 6.82. The van der Waals surface area contributed by atoms with Crippen molar-refractivity contribution in [2.75, 3.05) is 11.9 Å². The van der Waals surface area contributed by atoms with Crippen molar-refractivity contribution in [3.63, 3.8) is 0 Å². The van der Waals surface area contributed by atoms with Crippen molar-refractivity contribution in [2.45, 2.75) is 27.3 Å². The second-order valence-electron chi connectivity index (χ2n) is 5.97. The minimum Gasteiger partial charge on any atom is -0.477 e. The predicted molar refractivity (Wildman–Crippen MR) is 109 cm³/mol. The first kappa shape index (κ1) is 18.8. The minimum absolute atomic E-state index is 0.287. The molecule has 3 aromatic rings. The number of amides is 1. The SMILES string of the molecule is C=CCn1c(C)cc(-c2csc(NC(=O)c3cccnc3OCC)n2)c1C. The maximum Gasteiger partial charge on any atom is 0.262 e. The first-order valence-electron chi connectivity index (χ1n) is 8.67. The van der Waals surface area contributed by atoms with E-state index in [1.54, 1.807) is 18.3 Å². The van der Waals surface area contributed by atoms with Crippen LogP contribution in [-0.2, 0) is 6.54 Å². The van der Waals surface area contributed by atoms with Gasteiger partial charge in [-0.3, -0.25) is 10.1 Å². The number of rotatable bonds is 7. The van der Waals surface area contributed by atoms with E-state index in [0.717, 1.165) is 29.2 Å². The van der Waals surface area contributed by atoms with E-state index in [1.807, 2.05) is 18.4 Å². The van der Waals surface area contributed by atoms with Gasteiger partial charge in [0.2, 0.25) is 5.88 Å². The Labute approximate surface area is 162 Å². The zero-order valence-electron chi connectivity index (χ0n) is 15.7. The second kappa shape index (κ2) is 8.18. The predicted octanol–water partition coefficient (Wildman–Crippen LogP) is 4.46. The highest BCUT2D eigenvalue weighted by molar-refractivity contribution is 7.14. The third-order valence-electron chi connectivity index (χ3n) is 4.18. The van der Waals surface area contributed by atoms with Gasteiger partial charge in [-0.25, -0.2) is 9.97 Å². The number of carbonyl (C=O) groups excluding carboxylic acids is 1. The summed E-state index contributed by atoms with van der Waals surface area (Å²) in [6, 6.07) is 5.50. The lowest BCUT2D eigenvalue weighted by Crippen LogP contribution is -2.14. The highest BCUT2D eigenvalue weighted by atomic mass is 32.1. The average molecular weight is 382 g/mol. The van der Waals surface area contributed by atoms with Gasteiger partial charge in [0.05, 0.1) is 12.3 Å². The maximum atomic E-state index is 12.6. The molecule has 0 radical (unpaired) electrons. The van der Waals surface area contributed by atoms with Crippen LogP contribution in [0.15, 0.2) is 42.4 Å². The standard InChI is InChI=1S/C20H22N4O2S/c1-5-10-24-13(3)11-16(14(24)4)17-12-27-20(22-17)23-18(25)15-8-7-9-21-19(15)26-6-2/h5,7-9,11-12H,1,6,10H2,2-4H3,(H,22,23,25). The molecule has 0 unspecified atom stereocenters. The molecule has 3 heterocycles. The van der Waals surface area contributed by atoms with Gasteiger partial charge < -0.3 is 9.30 Å². The molecule has 0 aliphatic heterocycles. The van der Waals surface area contributed by atoms with Crippen LogP contribution in [0, 0.1) is 13.8 Å². The Morgan fingerprint density at radius 3 is 3.00 bits per heavy atom. The third kappa shape index (κ3) is 3.93. The van der Waals surface area contributed by atoms with E-state index in [-0.39, 0.29) is 5.91 Å². The molecule has 0 aliphatic carbocycles. The van der Waals surface area contributed by atoms with E-state index in [4.69, 9.17) is 4.74 Å². The maximum absolute atomic E-state index is 12.6. The number of allylic oxidation sites excluding steroid dienone is 1. The van der Waals surface area contributed by atoms with Crippen LogP contribution in [0.2, 0.25) is 0 Å². The van der Waals surface area contributed by atoms with Crippen molar-refractivity contribution in [1.29, 1.82) is 0 Å². The van der Waals surface area contributed by atoms with Gasteiger partial charge >= 0.3 is 0 Å². The van der Waals surface area contributed by atoms with Gasteiger partial charge in [-0.05, 0) is 39.0 Å². The highest BCUT2D eigenvalue weighted by Crippen LogP contribution is 2.30. The number of thiazole rings is 1. The number of hydrogen-bond donors (Lipinski definition) is 1. The Hall–Kier alpha value is -2.93. The van der Waals surface area contributed by atoms with E-state index < -0.39 is 0 Å². The van der Waals surface area contributed by atoms with Crippen LogP contribution in [0.25, 0.3) is 11.3 Å². The summed E-state index contributed by atoms with van der Waals surface area (Å²) in [7, 11) is 0. The van der Waals surface area contributed by atoms with Crippen molar-refractivity contribution in [1.82, 2.24) is 14.5 Å². The molecule has 7 heteroatoms. The lowest BCUT2D eigenvalue weighted by molar-refractivity contribution is 0.102. The van der Waals surface area contributed by atoms with Crippen LogP contribution in [-0.4, -0.2) is 27.0 Å². The monoisotopic (exact) mass is 382 g/mol. The van der Waals surface area contributed by atoms with E-state index in [9.17, 15) is 4.79 Å². The van der Waals surface area contributed by atoms with Gasteiger partial charge in [0.15, 0.2) is 5.13 Å². The molecule has 3 rings (SSSR count). The summed E-state index contributed by atoms with van der Waals surface area (Å²) in [5.41, 5.74) is 4.57. The molecular weight excluding hydrogens is 360 g/mol. The van der Waals surface area contributed by atoms with E-state index in [0.29, 0.717) is 23.2 Å². The molecule has 1 N–H and O–H groups in total. The summed E-state index contributed by atoms with van der Waals surface area (Å²) < 4.78 is 7.61. The highest BCUT2D eigenvalue weighted by Gasteiger charge is 2.17. The Kier molecular flexibility index (Phi) is 5.71. The Balaban J connectivity index is 1.82. The fraction of sp³-hybridized carbons (Fsp3) is 0.250. The molecule has 0 aromatic carbocycles. The summed E-state index contributed by atoms with van der Waals surface area (Å²) in [6.07, 6.45) is 3.47. The summed E-state index contributed by atoms with van der Waals surface area (Å²) in [5, 5.41) is 5.32. The number of anilines is 1. The molecule has 0 bridgehead atoms. The van der Waals surface area contributed by atoms with Crippen LogP contribution in [0.3, 0.4) is 0 Å². The Morgan fingerprint density at radius 2 is 2.26 bits per heavy atom. The Morgan fingerprint density at radius 1 is 1.44 bits per heavy atom. The van der Waals surface area contributed by atoms with Crippen LogP contribution < -0.4 is 10.1 Å². The van der Waals surface area contributed by atoms with Crippen LogP contribution in [0.1, 0.15) is 28.7 Å². The molecule has 0 atom stereocenters. The molecule has 6 nitrogen and oxygen atoms in total. The van der Waals surface area contributed by atoms with Crippen molar-refractivity contribution < 1.29 is 9.53 Å². The Bertz CT molecular complexity index is 974. The normalized spacial score (nSPS) is 10.6. The molecule has 1 amide bonds. The molecule has 0 aliphatic rings. The fourth-order valence-electron chi connectivity index (χ4n) is 2.91. The van der Waals surface area contributed by atoms with Crippen molar-refractivity contribution in [3.8, 4) is 17.1 Å². The van der Waals surface area contributed by atoms with Crippen molar-refractivity contribution >= 4 is 22.4 Å². The fourth-order valence-corrected chi connectivity index (χ4v) is 3.61. The third-order valence-corrected chi connectivity index (χ3v) is 4.94. The molecule has 0 spiro atoms. The first-order valence-corrected chi connectivity index (χ1v) is 9.55. The minimum atomic E-state index is -0.287. The van der Waals surface area contributed by atoms with Crippen LogP contribution in [0.5, 0.6) is 5.88 Å². The molecule has 3 aromatic heterocycles. The first-order chi connectivity index (χ1) is 13.0. The quantitative estimate of drug-likeness (QED) is 0.613. The number of ether oxygens (including phenoxy) is 1. The number of aryl methyl sites for hydroxylation is 1. The largest absolute Gasteiger partial charge is 0.477 e. The van der Waals surface area contributed by atoms with Crippen LogP contribution >= 0.6 is 11.3 Å². The number of aromatic nitrogens is 3. The van der Waals surface area contributed by atoms with Gasteiger partial charge in [-0.2, -0.15) is 0 Å². The molecule has 27 heavy (non-hydrogen) atoms. The van der Waals surface area contributed by atoms with E-state index >= 15 is 0 Å². The molecule has 140 valence electrons. The lowest BCUT2D eigenvalue weighted by Gasteiger charge is -2.07. The number of pyridine rings is 1. The number of carbonyl (C=O) groups is 1. The molecule has 0 fully saturated rings. The average Bonchev–Trinajstić information content (AvgIpc) is 3.22. The van der Waals surface area contributed by atoms with Crippen molar-refractivity contribution in [2.24, 2.45) is 0 Å². The lowest BCUT2D eigenvalue weighted by atomic mass is 10.2. The summed E-state index contributed by atoms with van der Waals surface area (Å²) in [4.78, 5) is 21.3. The molecular formula is C20H22N4O2S. The van der Waals surface area contributed by atoms with Gasteiger partial charge in [-0.15, -0.1) is 17.9 Å². The molecule has 0 saturated heterocycles. The van der Waals surface area contributed by atoms with Gasteiger partial charge in [0, 0.05) is 35.1 Å². The number of nitrogens with zero attached hydrogens (tertiary/aromatic N) is 3. The van der Waals surface area contributed by atoms with Gasteiger partial charge in [0.25, 0.3) is 5.91 Å². The van der Waals surface area contributed by atoms with Crippen LogP contribution in [0.4, 0.5) is 5.13 Å². The number of nitrogens with one attached hydrogen (secondary N) is 1. The molecule has 0 saturated carbocycles. The van der Waals surface area contributed by atoms with Gasteiger partial charge in [0.1, 0.15) is 5.56 Å². The van der Waals surface area contributed by atoms with E-state index in [2.05, 4.69) is 46.3 Å². The summed E-state index contributed by atoms with van der Waals surface area (Å²) in [6.45, 7) is 11.0. The summed E-state index contributed by atoms with van der Waals surface area (Å²) >= 11 is 1.39. The number of hydrogen-bond acceptors (Lipinski definition) is 5. The van der Waals surface area contributed by atoms with Gasteiger partial charge in [-0.1, -0.05) is 6.08 Å². The smallest absolute Gasteiger partial charge is 0.262 e. The summed E-state index contributed by atoms with van der Waals surface area (Å²) in [5.74, 6) is 0.0341. The van der Waals surface area contributed by atoms with E-state index in [1.165, 1.54) is 11.3 Å². The topological polar surface area (TPSA) is 69.0 Å².